The Morgan fingerprint density at radius 2 is 2.19 bits per heavy atom. The number of thiophene rings is 1. The van der Waals surface area contributed by atoms with E-state index in [1.54, 1.807) is 6.07 Å². The van der Waals surface area contributed by atoms with Gasteiger partial charge in [-0.15, -0.1) is 11.3 Å². The molecule has 0 aliphatic rings. The summed E-state index contributed by atoms with van der Waals surface area (Å²) >= 11 is 4.68. The fourth-order valence-corrected chi connectivity index (χ4v) is 3.49. The average Bonchev–Trinajstić information content (AvgIpc) is 2.72. The predicted octanol–water partition coefficient (Wildman–Crippen LogP) is 3.74. The van der Waals surface area contributed by atoms with Crippen molar-refractivity contribution in [2.24, 2.45) is 0 Å². The van der Waals surface area contributed by atoms with Gasteiger partial charge in [-0.1, -0.05) is 3.89 Å². The summed E-state index contributed by atoms with van der Waals surface area (Å²) in [6.07, 6.45) is 1.16. The second kappa shape index (κ2) is 3.97. The number of aryl methyl sites for hydroxylation is 1. The van der Waals surface area contributed by atoms with Crippen molar-refractivity contribution in [1.82, 2.24) is 0 Å². The van der Waals surface area contributed by atoms with Crippen LogP contribution in [0.2, 0.25) is 0 Å². The fraction of sp³-hybridized carbons (Fsp3) is 0.111. The molecule has 0 saturated carbocycles. The van der Waals surface area contributed by atoms with Crippen molar-refractivity contribution in [2.75, 3.05) is 0 Å². The molecule has 2 rings (SSSR count). The third-order valence-corrected chi connectivity index (χ3v) is 4.90. The van der Waals surface area contributed by atoms with Crippen molar-refractivity contribution in [2.45, 2.75) is 12.0 Å². The van der Waals surface area contributed by atoms with Crippen LogP contribution in [0.25, 0.3) is 10.4 Å². The van der Waals surface area contributed by atoms with Crippen molar-refractivity contribution < 1.29 is 16.7 Å². The van der Waals surface area contributed by atoms with Gasteiger partial charge in [0.2, 0.25) is 0 Å². The normalized spacial score (nSPS) is 11.9. The van der Waals surface area contributed by atoms with Crippen molar-refractivity contribution in [3.8, 4) is 10.4 Å². The van der Waals surface area contributed by atoms with Gasteiger partial charge in [0.25, 0.3) is 5.09 Å². The van der Waals surface area contributed by atoms with E-state index < -0.39 is 15.3 Å². The second-order valence-corrected chi connectivity index (χ2v) is 6.43. The Morgan fingerprint density at radius 3 is 2.69 bits per heavy atom. The molecule has 0 atom stereocenters. The minimum absolute atomic E-state index is 0.251. The van der Waals surface area contributed by atoms with E-state index in [1.807, 2.05) is 6.92 Å². The first-order chi connectivity index (χ1) is 7.39. The minimum Gasteiger partial charge on any atom is -0.450 e. The Morgan fingerprint density at radius 1 is 1.50 bits per heavy atom. The van der Waals surface area contributed by atoms with Crippen LogP contribution in [0.5, 0.6) is 0 Å². The van der Waals surface area contributed by atoms with E-state index in [-0.39, 0.29) is 5.56 Å². The van der Waals surface area contributed by atoms with Crippen LogP contribution in [-0.4, -0.2) is 8.42 Å². The lowest BCUT2D eigenvalue weighted by atomic mass is 10.3. The molecule has 2 heterocycles. The van der Waals surface area contributed by atoms with Crippen molar-refractivity contribution in [3.05, 3.63) is 27.7 Å². The average molecular weight is 325 g/mol. The van der Waals surface area contributed by atoms with Crippen molar-refractivity contribution in [1.29, 1.82) is 0 Å². The number of halogens is 2. The lowest BCUT2D eigenvalue weighted by Crippen LogP contribution is -1.90. The maximum absolute atomic E-state index is 12.9. The molecule has 0 bridgehead atoms. The molecule has 0 radical (unpaired) electrons. The van der Waals surface area contributed by atoms with Crippen LogP contribution >= 0.6 is 27.3 Å². The monoisotopic (exact) mass is 324 g/mol. The van der Waals surface area contributed by atoms with Crippen LogP contribution in [0.3, 0.4) is 0 Å². The number of furan rings is 1. The van der Waals surface area contributed by atoms with Gasteiger partial charge in [0.1, 0.15) is 0 Å². The molecule has 3 nitrogen and oxygen atoms in total. The number of hydrogen-bond acceptors (Lipinski definition) is 4. The third-order valence-electron chi connectivity index (χ3n) is 1.97. The summed E-state index contributed by atoms with van der Waals surface area (Å²) in [5.74, 6) is 0. The molecule has 0 spiro atoms. The molecular weight excluding hydrogens is 319 g/mol. The highest BCUT2D eigenvalue weighted by atomic mass is 79.9. The number of hydrogen-bond donors (Lipinski definition) is 0. The lowest BCUT2D eigenvalue weighted by Gasteiger charge is -1.93. The van der Waals surface area contributed by atoms with Crippen LogP contribution in [0, 0.1) is 6.92 Å². The van der Waals surface area contributed by atoms with Gasteiger partial charge >= 0.3 is 10.2 Å². The Labute approximate surface area is 104 Å². The van der Waals surface area contributed by atoms with Gasteiger partial charge in [-0.3, -0.25) is 0 Å². The highest BCUT2D eigenvalue weighted by Crippen LogP contribution is 2.38. The predicted molar refractivity (Wildman–Crippen MR) is 62.8 cm³/mol. The van der Waals surface area contributed by atoms with E-state index in [0.717, 1.165) is 15.6 Å². The molecule has 0 aliphatic carbocycles. The van der Waals surface area contributed by atoms with Gasteiger partial charge in [-0.05, 0) is 35.0 Å². The van der Waals surface area contributed by atoms with Crippen LogP contribution < -0.4 is 0 Å². The summed E-state index contributed by atoms with van der Waals surface area (Å²) in [6.45, 7) is 1.88. The first-order valence-electron chi connectivity index (χ1n) is 4.18. The Hall–Kier alpha value is -0.660. The topological polar surface area (TPSA) is 47.3 Å². The Bertz CT molecular complexity index is 607. The molecule has 0 N–H and O–H groups in total. The van der Waals surface area contributed by atoms with Gasteiger partial charge in [-0.2, -0.15) is 8.42 Å². The van der Waals surface area contributed by atoms with Crippen LogP contribution in [0.1, 0.15) is 4.88 Å². The third kappa shape index (κ3) is 2.07. The molecule has 0 aromatic carbocycles. The van der Waals surface area contributed by atoms with Crippen LogP contribution in [0.15, 0.2) is 32.4 Å². The smallest absolute Gasteiger partial charge is 0.366 e. The van der Waals surface area contributed by atoms with Gasteiger partial charge in [0, 0.05) is 14.2 Å². The van der Waals surface area contributed by atoms with E-state index >= 15 is 0 Å². The summed E-state index contributed by atoms with van der Waals surface area (Å²) < 4.78 is 40.0. The first kappa shape index (κ1) is 11.8. The highest BCUT2D eigenvalue weighted by molar-refractivity contribution is 9.10. The molecule has 0 aliphatic heterocycles. The molecule has 16 heavy (non-hydrogen) atoms. The molecule has 86 valence electrons. The Kier molecular flexibility index (Phi) is 2.93. The SMILES string of the molecule is Cc1sc(-c2ccoc2S(=O)(=O)F)cc1Br. The van der Waals surface area contributed by atoms with E-state index in [9.17, 15) is 12.3 Å². The quantitative estimate of drug-likeness (QED) is 0.790. The molecule has 0 amide bonds. The maximum Gasteiger partial charge on any atom is 0.366 e. The zero-order chi connectivity index (χ0) is 11.9. The van der Waals surface area contributed by atoms with Gasteiger partial charge in [-0.25, -0.2) is 0 Å². The molecule has 2 aromatic rings. The van der Waals surface area contributed by atoms with Crippen LogP contribution in [0.4, 0.5) is 3.89 Å². The largest absolute Gasteiger partial charge is 0.450 e. The van der Waals surface area contributed by atoms with E-state index in [2.05, 4.69) is 20.3 Å². The zero-order valence-electron chi connectivity index (χ0n) is 8.03. The molecule has 7 heteroatoms. The van der Waals surface area contributed by atoms with E-state index in [1.165, 1.54) is 17.4 Å². The standard InChI is InChI=1S/C9H6BrFO3S2/c1-5-7(10)4-8(15-5)6-2-3-14-9(6)16(11,12)13/h2-4H,1H3. The lowest BCUT2D eigenvalue weighted by molar-refractivity contribution is 0.436. The van der Waals surface area contributed by atoms with E-state index in [4.69, 9.17) is 0 Å². The number of rotatable bonds is 2. The highest BCUT2D eigenvalue weighted by Gasteiger charge is 2.23. The molecule has 0 fully saturated rings. The summed E-state index contributed by atoms with van der Waals surface area (Å²) in [6, 6.07) is 3.17. The fourth-order valence-electron chi connectivity index (χ4n) is 1.26. The van der Waals surface area contributed by atoms with E-state index in [0.29, 0.717) is 4.88 Å². The zero-order valence-corrected chi connectivity index (χ0v) is 11.2. The van der Waals surface area contributed by atoms with Gasteiger partial charge in [0.05, 0.1) is 11.8 Å². The minimum atomic E-state index is -4.82. The molecule has 2 aromatic heterocycles. The second-order valence-electron chi connectivity index (χ2n) is 3.07. The van der Waals surface area contributed by atoms with Crippen LogP contribution in [-0.2, 0) is 10.2 Å². The summed E-state index contributed by atoms with van der Waals surface area (Å²) in [5, 5.41) is -0.638. The molecular formula is C9H6BrFO3S2. The summed E-state index contributed by atoms with van der Waals surface area (Å²) in [5.41, 5.74) is 0.251. The van der Waals surface area contributed by atoms with Crippen molar-refractivity contribution >= 4 is 37.5 Å². The molecule has 0 saturated heterocycles. The Balaban J connectivity index is 2.62. The summed E-state index contributed by atoms with van der Waals surface area (Å²) in [7, 11) is -4.82. The summed E-state index contributed by atoms with van der Waals surface area (Å²) in [4.78, 5) is 1.63. The van der Waals surface area contributed by atoms with Crippen molar-refractivity contribution in [3.63, 3.8) is 0 Å². The van der Waals surface area contributed by atoms with Gasteiger partial charge < -0.3 is 4.42 Å². The maximum atomic E-state index is 12.9. The molecule has 0 unspecified atom stereocenters. The van der Waals surface area contributed by atoms with Gasteiger partial charge in [0.15, 0.2) is 0 Å². The first-order valence-corrected chi connectivity index (χ1v) is 7.17.